The van der Waals surface area contributed by atoms with Crippen molar-refractivity contribution in [1.29, 1.82) is 0 Å². The molecule has 2 aromatic rings. The van der Waals surface area contributed by atoms with Crippen LogP contribution in [0.2, 0.25) is 0 Å². The van der Waals surface area contributed by atoms with Gasteiger partial charge in [-0.15, -0.1) is 0 Å². The summed E-state index contributed by atoms with van der Waals surface area (Å²) in [7, 11) is 0. The van der Waals surface area contributed by atoms with Crippen LogP contribution in [-0.4, -0.2) is 17.7 Å². The number of aliphatic hydroxyl groups is 1. The second kappa shape index (κ2) is 5.77. The minimum absolute atomic E-state index is 0.166. The van der Waals surface area contributed by atoms with Crippen molar-refractivity contribution in [2.75, 3.05) is 11.9 Å². The third kappa shape index (κ3) is 2.67. The van der Waals surface area contributed by atoms with Crippen molar-refractivity contribution in [2.24, 2.45) is 0 Å². The number of aliphatic hydroxyl groups excluding tert-OH is 1. The van der Waals surface area contributed by atoms with Crippen LogP contribution in [0.5, 0.6) is 0 Å². The molecule has 1 unspecified atom stereocenters. The first-order valence-corrected chi connectivity index (χ1v) is 7.17. The summed E-state index contributed by atoms with van der Waals surface area (Å²) in [6.07, 6.45) is 1.47. The molecular formula is C17H17FN2O2. The van der Waals surface area contributed by atoms with Gasteiger partial charge in [0.15, 0.2) is 0 Å². The lowest BCUT2D eigenvalue weighted by Gasteiger charge is -2.29. The van der Waals surface area contributed by atoms with Crippen molar-refractivity contribution >= 4 is 11.7 Å². The number of carbonyl (C=O) groups is 1. The van der Waals surface area contributed by atoms with Crippen molar-refractivity contribution in [3.8, 4) is 0 Å². The van der Waals surface area contributed by atoms with E-state index in [9.17, 15) is 14.3 Å². The molecule has 5 heteroatoms. The zero-order valence-corrected chi connectivity index (χ0v) is 12.0. The molecule has 0 heterocycles. The fourth-order valence-electron chi connectivity index (χ4n) is 2.93. The Balaban J connectivity index is 1.76. The molecule has 0 fully saturated rings. The van der Waals surface area contributed by atoms with Gasteiger partial charge in [0, 0.05) is 5.69 Å². The second-order valence-electron chi connectivity index (χ2n) is 5.48. The topological polar surface area (TPSA) is 61.4 Å². The summed E-state index contributed by atoms with van der Waals surface area (Å²) in [5, 5.41) is 15.3. The van der Waals surface area contributed by atoms with Crippen LogP contribution in [0.25, 0.3) is 0 Å². The highest BCUT2D eigenvalue weighted by atomic mass is 19.1. The van der Waals surface area contributed by atoms with Gasteiger partial charge in [0.1, 0.15) is 5.82 Å². The first-order chi connectivity index (χ1) is 10.6. The first kappa shape index (κ1) is 14.5. The minimum Gasteiger partial charge on any atom is -0.394 e. The normalized spacial score (nSPS) is 19.5. The van der Waals surface area contributed by atoms with Crippen LogP contribution >= 0.6 is 0 Å². The highest BCUT2D eigenvalue weighted by Gasteiger charge is 2.39. The van der Waals surface area contributed by atoms with Crippen LogP contribution in [0.1, 0.15) is 17.5 Å². The molecule has 0 aromatic heterocycles. The van der Waals surface area contributed by atoms with E-state index >= 15 is 0 Å². The second-order valence-corrected chi connectivity index (χ2v) is 5.48. The smallest absolute Gasteiger partial charge is 0.320 e. The van der Waals surface area contributed by atoms with Crippen molar-refractivity contribution in [3.63, 3.8) is 0 Å². The monoisotopic (exact) mass is 300 g/mol. The molecule has 1 aliphatic carbocycles. The number of amides is 2. The molecule has 0 bridgehead atoms. The summed E-state index contributed by atoms with van der Waals surface area (Å²) < 4.78 is 12.9. The van der Waals surface area contributed by atoms with Crippen LogP contribution in [0.3, 0.4) is 0 Å². The van der Waals surface area contributed by atoms with Crippen LogP contribution < -0.4 is 10.6 Å². The Kier molecular flexibility index (Phi) is 3.81. The van der Waals surface area contributed by atoms with Crippen molar-refractivity contribution in [3.05, 3.63) is 65.5 Å². The van der Waals surface area contributed by atoms with Crippen LogP contribution in [0.4, 0.5) is 14.9 Å². The van der Waals surface area contributed by atoms with Crippen molar-refractivity contribution < 1.29 is 14.3 Å². The van der Waals surface area contributed by atoms with Crippen LogP contribution in [0.15, 0.2) is 48.5 Å². The SMILES string of the molecule is O=C(Nc1ccc(F)cc1)NC1(CO)CCc2ccccc21. The summed E-state index contributed by atoms with van der Waals surface area (Å²) >= 11 is 0. The van der Waals surface area contributed by atoms with Gasteiger partial charge in [0.25, 0.3) is 0 Å². The molecule has 0 saturated carbocycles. The molecule has 114 valence electrons. The molecule has 2 amide bonds. The number of carbonyl (C=O) groups excluding carboxylic acids is 1. The van der Waals surface area contributed by atoms with E-state index in [2.05, 4.69) is 10.6 Å². The van der Waals surface area contributed by atoms with Crippen molar-refractivity contribution in [1.82, 2.24) is 5.32 Å². The van der Waals surface area contributed by atoms with Gasteiger partial charge < -0.3 is 15.7 Å². The fourth-order valence-corrected chi connectivity index (χ4v) is 2.93. The van der Waals surface area contributed by atoms with E-state index in [0.29, 0.717) is 12.1 Å². The third-order valence-electron chi connectivity index (χ3n) is 4.08. The van der Waals surface area contributed by atoms with E-state index in [4.69, 9.17) is 0 Å². The Hall–Kier alpha value is -2.40. The Labute approximate surface area is 128 Å². The molecule has 2 aromatic carbocycles. The van der Waals surface area contributed by atoms with Gasteiger partial charge in [-0.2, -0.15) is 0 Å². The van der Waals surface area contributed by atoms with E-state index in [1.54, 1.807) is 0 Å². The number of anilines is 1. The zero-order chi connectivity index (χ0) is 15.6. The molecule has 3 N–H and O–H groups in total. The Morgan fingerprint density at radius 3 is 2.64 bits per heavy atom. The molecule has 0 radical (unpaired) electrons. The van der Waals surface area contributed by atoms with E-state index in [1.165, 1.54) is 24.3 Å². The van der Waals surface area contributed by atoms with E-state index in [-0.39, 0.29) is 12.4 Å². The number of urea groups is 1. The number of benzene rings is 2. The standard InChI is InChI=1S/C17H17FN2O2/c18-13-5-7-14(8-6-13)19-16(22)20-17(11-21)10-9-12-3-1-2-4-15(12)17/h1-8,21H,9-11H2,(H2,19,20,22). The average molecular weight is 300 g/mol. The number of fused-ring (bicyclic) bond motifs is 1. The fraction of sp³-hybridized carbons (Fsp3) is 0.235. The van der Waals surface area contributed by atoms with Gasteiger partial charge in [-0.25, -0.2) is 9.18 Å². The summed E-state index contributed by atoms with van der Waals surface area (Å²) in [6.45, 7) is -0.166. The first-order valence-electron chi connectivity index (χ1n) is 7.17. The third-order valence-corrected chi connectivity index (χ3v) is 4.08. The highest BCUT2D eigenvalue weighted by molar-refractivity contribution is 5.90. The maximum Gasteiger partial charge on any atom is 0.320 e. The van der Waals surface area contributed by atoms with Crippen LogP contribution in [-0.2, 0) is 12.0 Å². The Morgan fingerprint density at radius 2 is 1.91 bits per heavy atom. The lowest BCUT2D eigenvalue weighted by molar-refractivity contribution is 0.164. The lowest BCUT2D eigenvalue weighted by Crippen LogP contribution is -2.48. The van der Waals surface area contributed by atoms with Gasteiger partial charge in [0.05, 0.1) is 12.1 Å². The van der Waals surface area contributed by atoms with Gasteiger partial charge in [-0.1, -0.05) is 24.3 Å². The van der Waals surface area contributed by atoms with E-state index < -0.39 is 11.6 Å². The zero-order valence-electron chi connectivity index (χ0n) is 12.0. The molecule has 4 nitrogen and oxygen atoms in total. The van der Waals surface area contributed by atoms with Gasteiger partial charge in [0.2, 0.25) is 0 Å². The lowest BCUT2D eigenvalue weighted by atomic mass is 9.93. The molecular weight excluding hydrogens is 283 g/mol. The number of nitrogens with one attached hydrogen (secondary N) is 2. The molecule has 0 saturated heterocycles. The van der Waals surface area contributed by atoms with Gasteiger partial charge in [-0.3, -0.25) is 0 Å². The predicted molar refractivity (Wildman–Crippen MR) is 82.1 cm³/mol. The summed E-state index contributed by atoms with van der Waals surface area (Å²) in [5.41, 5.74) is 1.82. The van der Waals surface area contributed by atoms with Gasteiger partial charge in [-0.05, 0) is 48.2 Å². The molecule has 22 heavy (non-hydrogen) atoms. The maximum atomic E-state index is 12.9. The number of hydrogen-bond donors (Lipinski definition) is 3. The predicted octanol–water partition coefficient (Wildman–Crippen LogP) is 2.78. The largest absolute Gasteiger partial charge is 0.394 e. The Bertz CT molecular complexity index is 687. The summed E-state index contributed by atoms with van der Waals surface area (Å²) in [5.74, 6) is -0.359. The molecule has 0 spiro atoms. The van der Waals surface area contributed by atoms with Crippen LogP contribution in [0, 0.1) is 5.82 Å². The molecule has 3 rings (SSSR count). The molecule has 0 aliphatic heterocycles. The molecule has 1 atom stereocenters. The number of hydrogen-bond acceptors (Lipinski definition) is 2. The number of aryl methyl sites for hydroxylation is 1. The van der Waals surface area contributed by atoms with Crippen molar-refractivity contribution in [2.45, 2.75) is 18.4 Å². The minimum atomic E-state index is -0.763. The number of rotatable bonds is 3. The van der Waals surface area contributed by atoms with E-state index in [1.807, 2.05) is 24.3 Å². The summed E-state index contributed by atoms with van der Waals surface area (Å²) in [4.78, 5) is 12.2. The summed E-state index contributed by atoms with van der Waals surface area (Å²) in [6, 6.07) is 12.9. The average Bonchev–Trinajstić information content (AvgIpc) is 2.89. The molecule has 1 aliphatic rings. The number of halogens is 1. The maximum absolute atomic E-state index is 12.9. The quantitative estimate of drug-likeness (QED) is 0.816. The van der Waals surface area contributed by atoms with E-state index in [0.717, 1.165) is 17.5 Å². The Morgan fingerprint density at radius 1 is 1.18 bits per heavy atom. The van der Waals surface area contributed by atoms with Gasteiger partial charge >= 0.3 is 6.03 Å². The highest BCUT2D eigenvalue weighted by Crippen LogP contribution is 2.36.